The molecule has 0 aliphatic rings. The van der Waals surface area contributed by atoms with Crippen molar-refractivity contribution in [1.82, 2.24) is 14.1 Å². The Hall–Kier alpha value is -2.58. The van der Waals surface area contributed by atoms with Crippen LogP contribution >= 0.6 is 11.6 Å². The van der Waals surface area contributed by atoms with E-state index in [1.54, 1.807) is 24.6 Å². The number of aliphatic hydroxyl groups is 1. The number of halogens is 1. The van der Waals surface area contributed by atoms with Gasteiger partial charge in [0, 0.05) is 24.7 Å². The molecule has 2 aromatic heterocycles. The monoisotopic (exact) mass is 378 g/mol. The van der Waals surface area contributed by atoms with E-state index >= 15 is 0 Å². The molecule has 3 aromatic rings. The Labute approximate surface area is 154 Å². The Balaban J connectivity index is 2.26. The fraction of sp³-hybridized carbons (Fsp3) is 0.353. The molecule has 26 heavy (non-hydrogen) atoms. The number of fused-ring (bicyclic) bond motifs is 1. The van der Waals surface area contributed by atoms with E-state index in [1.807, 2.05) is 18.2 Å². The van der Waals surface area contributed by atoms with Gasteiger partial charge in [0.1, 0.15) is 0 Å². The highest BCUT2D eigenvalue weighted by Gasteiger charge is 2.25. The number of rotatable bonds is 5. The summed E-state index contributed by atoms with van der Waals surface area (Å²) in [6.07, 6.45) is -0.582. The summed E-state index contributed by atoms with van der Waals surface area (Å²) in [4.78, 5) is 28.0. The van der Waals surface area contributed by atoms with E-state index in [0.717, 1.165) is 10.1 Å². The molecule has 0 fully saturated rings. The number of aromatic amines is 1. The van der Waals surface area contributed by atoms with Crippen LogP contribution in [0.3, 0.4) is 0 Å². The van der Waals surface area contributed by atoms with Crippen LogP contribution in [0.4, 0.5) is 5.95 Å². The van der Waals surface area contributed by atoms with Crippen molar-refractivity contribution in [3.63, 3.8) is 0 Å². The Morgan fingerprint density at radius 1 is 1.27 bits per heavy atom. The van der Waals surface area contributed by atoms with Gasteiger partial charge in [-0.15, -0.1) is 0 Å². The molecule has 0 spiro atoms. The molecule has 0 saturated heterocycles. The van der Waals surface area contributed by atoms with Gasteiger partial charge in [0.2, 0.25) is 11.2 Å². The number of nitrogens with one attached hydrogen (secondary N) is 2. The summed E-state index contributed by atoms with van der Waals surface area (Å²) >= 11 is 6.28. The van der Waals surface area contributed by atoms with Crippen molar-refractivity contribution < 1.29 is 9.67 Å². The molecule has 0 saturated carbocycles. The number of nitrogens with zero attached hydrogens (tertiary/aromatic N) is 3. The van der Waals surface area contributed by atoms with Crippen LogP contribution in [0, 0.1) is 0 Å². The molecule has 0 aliphatic carbocycles. The quantitative estimate of drug-likeness (QED) is 0.558. The molecule has 1 atom stereocenters. The van der Waals surface area contributed by atoms with E-state index in [4.69, 9.17) is 11.6 Å². The van der Waals surface area contributed by atoms with Crippen LogP contribution in [0.5, 0.6) is 0 Å². The molecule has 1 aromatic carbocycles. The highest BCUT2D eigenvalue weighted by atomic mass is 35.5. The molecular formula is C17H21ClN5O3+. The number of benzene rings is 1. The second kappa shape index (κ2) is 6.97. The number of hydrogen-bond acceptors (Lipinski definition) is 4. The van der Waals surface area contributed by atoms with Gasteiger partial charge in [0.05, 0.1) is 19.2 Å². The fourth-order valence-electron chi connectivity index (χ4n) is 2.84. The molecule has 0 aliphatic heterocycles. The molecule has 2 heterocycles. The fourth-order valence-corrected chi connectivity index (χ4v) is 3.04. The average Bonchev–Trinajstić information content (AvgIpc) is 2.97. The van der Waals surface area contributed by atoms with Crippen molar-refractivity contribution in [2.75, 3.05) is 11.9 Å². The molecule has 0 amide bonds. The van der Waals surface area contributed by atoms with Gasteiger partial charge in [0.25, 0.3) is 5.56 Å². The van der Waals surface area contributed by atoms with Crippen LogP contribution in [-0.4, -0.2) is 31.9 Å². The molecule has 138 valence electrons. The number of imidazole rings is 1. The minimum absolute atomic E-state index is 0.281. The molecule has 1 unspecified atom stereocenters. The van der Waals surface area contributed by atoms with Crippen LogP contribution < -0.4 is 21.1 Å². The second-order valence-corrected chi connectivity index (χ2v) is 6.69. The van der Waals surface area contributed by atoms with Crippen LogP contribution in [0.15, 0.2) is 33.9 Å². The predicted molar refractivity (Wildman–Crippen MR) is 99.7 cm³/mol. The summed E-state index contributed by atoms with van der Waals surface area (Å²) < 4.78 is 4.19. The third-order valence-electron chi connectivity index (χ3n) is 4.27. The summed E-state index contributed by atoms with van der Waals surface area (Å²) in [5.74, 6) is 0.513. The van der Waals surface area contributed by atoms with Gasteiger partial charge in [-0.05, 0) is 13.0 Å². The Morgan fingerprint density at radius 2 is 1.96 bits per heavy atom. The van der Waals surface area contributed by atoms with Crippen molar-refractivity contribution in [3.8, 4) is 0 Å². The third-order valence-corrected chi connectivity index (χ3v) is 4.64. The molecular weight excluding hydrogens is 358 g/mol. The first kappa shape index (κ1) is 18.2. The van der Waals surface area contributed by atoms with E-state index < -0.39 is 17.4 Å². The minimum atomic E-state index is -0.582. The molecule has 8 nitrogen and oxygen atoms in total. The summed E-state index contributed by atoms with van der Waals surface area (Å²) in [6.45, 7) is 2.27. The number of H-pyrrole nitrogens is 1. The first-order chi connectivity index (χ1) is 12.3. The van der Waals surface area contributed by atoms with Gasteiger partial charge in [-0.1, -0.05) is 29.8 Å². The smallest absolute Gasteiger partial charge is 0.357 e. The first-order valence-electron chi connectivity index (χ1n) is 8.18. The maximum Gasteiger partial charge on any atom is 0.357 e. The number of hydrogen-bond donors (Lipinski definition) is 3. The topological polar surface area (TPSA) is 95.9 Å². The highest BCUT2D eigenvalue weighted by Crippen LogP contribution is 2.16. The van der Waals surface area contributed by atoms with E-state index in [2.05, 4.69) is 10.3 Å². The molecule has 3 rings (SSSR count). The number of aryl methyl sites for hydroxylation is 1. The Bertz CT molecular complexity index is 1080. The first-order valence-corrected chi connectivity index (χ1v) is 8.56. The number of aromatic nitrogens is 4. The van der Waals surface area contributed by atoms with Crippen molar-refractivity contribution in [2.24, 2.45) is 14.1 Å². The summed E-state index contributed by atoms with van der Waals surface area (Å²) in [6, 6.07) is 7.36. The molecule has 9 heteroatoms. The van der Waals surface area contributed by atoms with Crippen LogP contribution in [0.25, 0.3) is 11.2 Å². The summed E-state index contributed by atoms with van der Waals surface area (Å²) in [7, 11) is 3.04. The predicted octanol–water partition coefficient (Wildman–Crippen LogP) is 0.347. The van der Waals surface area contributed by atoms with Crippen molar-refractivity contribution >= 4 is 28.7 Å². The molecule has 0 radical (unpaired) electrons. The van der Waals surface area contributed by atoms with Gasteiger partial charge in [-0.3, -0.25) is 19.2 Å². The zero-order chi connectivity index (χ0) is 19.0. The van der Waals surface area contributed by atoms with E-state index in [1.165, 1.54) is 11.6 Å². The van der Waals surface area contributed by atoms with E-state index in [9.17, 15) is 14.7 Å². The summed E-state index contributed by atoms with van der Waals surface area (Å²) in [5, 5.41) is 13.2. The van der Waals surface area contributed by atoms with Gasteiger partial charge in [-0.2, -0.15) is 0 Å². The zero-order valence-corrected chi connectivity index (χ0v) is 15.5. The van der Waals surface area contributed by atoms with Crippen molar-refractivity contribution in [1.29, 1.82) is 0 Å². The highest BCUT2D eigenvalue weighted by molar-refractivity contribution is 6.31. The van der Waals surface area contributed by atoms with Crippen LogP contribution in [0.1, 0.15) is 12.5 Å². The van der Waals surface area contributed by atoms with Crippen LogP contribution in [-0.2, 0) is 20.6 Å². The summed E-state index contributed by atoms with van der Waals surface area (Å²) in [5.41, 5.74) is 0.754. The maximum atomic E-state index is 12.7. The molecule has 3 N–H and O–H groups in total. The molecule has 0 bridgehead atoms. The standard InChI is InChI=1S/C17H20ClN5O3/c1-10(24)8-19-16-20-14-13(15(25)22(3)17(26)21(14)2)23(16)9-11-6-4-5-7-12(11)18/h4-7,10,24H,8-9H2,1-3H3,(H,19,20,25)/p+1. The largest absolute Gasteiger partial charge is 0.390 e. The Kier molecular flexibility index (Phi) is 4.88. The van der Waals surface area contributed by atoms with Crippen molar-refractivity contribution in [3.05, 3.63) is 55.7 Å². The lowest BCUT2D eigenvalue weighted by Crippen LogP contribution is -2.45. The maximum absolute atomic E-state index is 12.7. The number of anilines is 1. The van der Waals surface area contributed by atoms with Crippen molar-refractivity contribution in [2.45, 2.75) is 19.6 Å². The van der Waals surface area contributed by atoms with Gasteiger partial charge >= 0.3 is 11.6 Å². The van der Waals surface area contributed by atoms with E-state index in [0.29, 0.717) is 28.7 Å². The number of aliphatic hydroxyl groups excluding tert-OH is 1. The second-order valence-electron chi connectivity index (χ2n) is 6.28. The lowest BCUT2D eigenvalue weighted by molar-refractivity contribution is -0.648. The van der Waals surface area contributed by atoms with Gasteiger partial charge in [-0.25, -0.2) is 14.3 Å². The zero-order valence-electron chi connectivity index (χ0n) is 14.8. The minimum Gasteiger partial charge on any atom is -0.390 e. The average molecular weight is 379 g/mol. The lowest BCUT2D eigenvalue weighted by Gasteiger charge is -2.07. The van der Waals surface area contributed by atoms with Crippen LogP contribution in [0.2, 0.25) is 5.02 Å². The van der Waals surface area contributed by atoms with Gasteiger partial charge < -0.3 is 5.11 Å². The third kappa shape index (κ3) is 3.13. The Morgan fingerprint density at radius 3 is 2.62 bits per heavy atom. The van der Waals surface area contributed by atoms with E-state index in [-0.39, 0.29) is 6.54 Å². The SMILES string of the molecule is CC(O)CNc1[nH]c2c(c(=O)n(C)c(=O)n2C)[n+]1Cc1ccccc1Cl. The lowest BCUT2D eigenvalue weighted by atomic mass is 10.2. The normalized spacial score (nSPS) is 12.5. The van der Waals surface area contributed by atoms with Gasteiger partial charge in [0.15, 0.2) is 0 Å².